The Morgan fingerprint density at radius 3 is 2.95 bits per heavy atom. The van der Waals surface area contributed by atoms with E-state index < -0.39 is 0 Å². The molecule has 21 heavy (non-hydrogen) atoms. The zero-order chi connectivity index (χ0) is 15.0. The predicted molar refractivity (Wildman–Crippen MR) is 84.3 cm³/mol. The summed E-state index contributed by atoms with van der Waals surface area (Å²) < 4.78 is 2.06. The zero-order valence-corrected chi connectivity index (χ0v) is 13.4. The van der Waals surface area contributed by atoms with Crippen molar-refractivity contribution in [1.29, 1.82) is 0 Å². The number of carbonyl (C=O) groups is 1. The van der Waals surface area contributed by atoms with E-state index >= 15 is 0 Å². The number of rotatable bonds is 2. The Bertz CT molecular complexity index is 647. The summed E-state index contributed by atoms with van der Waals surface area (Å²) in [5.74, 6) is 0.124. The van der Waals surface area contributed by atoms with Crippen LogP contribution in [0.5, 0.6) is 0 Å². The average Bonchev–Trinajstić information content (AvgIpc) is 3.06. The largest absolute Gasteiger partial charge is 0.336 e. The number of aryl methyl sites for hydroxylation is 1. The van der Waals surface area contributed by atoms with Crippen molar-refractivity contribution in [2.45, 2.75) is 26.8 Å². The van der Waals surface area contributed by atoms with Gasteiger partial charge < -0.3 is 10.2 Å². The van der Waals surface area contributed by atoms with Gasteiger partial charge in [-0.15, -0.1) is 11.3 Å². The lowest BCUT2D eigenvalue weighted by Crippen LogP contribution is -2.51. The Morgan fingerprint density at radius 1 is 1.48 bits per heavy atom. The molecule has 2 aromatic rings. The molecule has 5 nitrogen and oxygen atoms in total. The van der Waals surface area contributed by atoms with Crippen LogP contribution in [0.25, 0.3) is 5.13 Å². The number of hydrogen-bond donors (Lipinski definition) is 1. The molecular weight excluding hydrogens is 284 g/mol. The Labute approximate surface area is 128 Å². The highest BCUT2D eigenvalue weighted by molar-refractivity contribution is 7.12. The molecule has 1 N–H and O–H groups in total. The second-order valence-corrected chi connectivity index (χ2v) is 6.41. The van der Waals surface area contributed by atoms with Gasteiger partial charge in [-0.2, -0.15) is 0 Å². The van der Waals surface area contributed by atoms with E-state index in [0.29, 0.717) is 6.04 Å². The van der Waals surface area contributed by atoms with E-state index in [9.17, 15) is 4.79 Å². The number of nitrogens with one attached hydrogen (secondary N) is 1. The maximum atomic E-state index is 12.8. The van der Waals surface area contributed by atoms with Crippen LogP contribution < -0.4 is 5.32 Å². The van der Waals surface area contributed by atoms with Crippen molar-refractivity contribution < 1.29 is 4.79 Å². The second-order valence-electron chi connectivity index (χ2n) is 5.54. The smallest absolute Gasteiger partial charge is 0.255 e. The lowest BCUT2D eigenvalue weighted by Gasteiger charge is -2.31. The van der Waals surface area contributed by atoms with Crippen LogP contribution in [0.3, 0.4) is 0 Å². The fourth-order valence-corrected chi connectivity index (χ4v) is 3.64. The molecule has 0 aliphatic carbocycles. The third kappa shape index (κ3) is 2.61. The molecule has 1 amide bonds. The van der Waals surface area contributed by atoms with Crippen LogP contribution in [-0.4, -0.2) is 46.0 Å². The Kier molecular flexibility index (Phi) is 3.82. The molecule has 112 valence electrons. The third-order valence-electron chi connectivity index (χ3n) is 3.93. The van der Waals surface area contributed by atoms with Gasteiger partial charge in [0.25, 0.3) is 5.91 Å². The van der Waals surface area contributed by atoms with Crippen LogP contribution in [0.1, 0.15) is 28.7 Å². The van der Waals surface area contributed by atoms with Crippen molar-refractivity contribution in [1.82, 2.24) is 19.8 Å². The summed E-state index contributed by atoms with van der Waals surface area (Å²) in [5, 5.41) is 6.23. The van der Waals surface area contributed by atoms with Gasteiger partial charge >= 0.3 is 0 Å². The minimum atomic E-state index is 0.124. The number of hydrogen-bond acceptors (Lipinski definition) is 4. The first-order valence-electron chi connectivity index (χ1n) is 7.19. The van der Waals surface area contributed by atoms with E-state index in [1.165, 1.54) is 0 Å². The number of nitrogens with zero attached hydrogens (tertiary/aromatic N) is 3. The fourth-order valence-electron chi connectivity index (χ4n) is 2.89. The first-order chi connectivity index (χ1) is 10.1. The van der Waals surface area contributed by atoms with Crippen molar-refractivity contribution in [3.8, 4) is 5.13 Å². The Balaban J connectivity index is 1.93. The topological polar surface area (TPSA) is 50.2 Å². The van der Waals surface area contributed by atoms with Gasteiger partial charge in [-0.05, 0) is 26.8 Å². The van der Waals surface area contributed by atoms with Crippen molar-refractivity contribution in [3.05, 3.63) is 34.6 Å². The van der Waals surface area contributed by atoms with E-state index in [2.05, 4.69) is 21.8 Å². The van der Waals surface area contributed by atoms with Gasteiger partial charge in [0.2, 0.25) is 0 Å². The number of thiazole rings is 1. The molecule has 6 heteroatoms. The van der Waals surface area contributed by atoms with E-state index in [1.54, 1.807) is 17.5 Å². The number of aromatic nitrogens is 2. The van der Waals surface area contributed by atoms with E-state index in [0.717, 1.165) is 41.7 Å². The van der Waals surface area contributed by atoms with Gasteiger partial charge in [-0.1, -0.05) is 0 Å². The van der Waals surface area contributed by atoms with Gasteiger partial charge in [0.05, 0.1) is 5.56 Å². The Morgan fingerprint density at radius 2 is 2.29 bits per heavy atom. The summed E-state index contributed by atoms with van der Waals surface area (Å²) in [7, 11) is 0. The molecule has 3 rings (SSSR count). The summed E-state index contributed by atoms with van der Waals surface area (Å²) >= 11 is 1.58. The van der Waals surface area contributed by atoms with Crippen LogP contribution in [0.2, 0.25) is 0 Å². The van der Waals surface area contributed by atoms with Crippen LogP contribution in [0, 0.1) is 13.8 Å². The first kappa shape index (κ1) is 14.3. The summed E-state index contributed by atoms with van der Waals surface area (Å²) in [4.78, 5) is 19.1. The summed E-state index contributed by atoms with van der Waals surface area (Å²) in [5.41, 5.74) is 2.81. The molecule has 1 saturated heterocycles. The zero-order valence-electron chi connectivity index (χ0n) is 12.6. The molecule has 0 unspecified atom stereocenters. The number of carbonyl (C=O) groups excluding carboxylic acids is 1. The molecule has 0 saturated carbocycles. The standard InChI is InChI=1S/C15H20N4OS/c1-10-9-18(6-4-16-10)14(20)13-8-11(2)19(12(13)3)15-17-5-7-21-15/h5,7-8,10,16H,4,6,9H2,1-3H3/t10-/m0/s1. The SMILES string of the molecule is Cc1cc(C(=O)N2CCN[C@@H](C)C2)c(C)n1-c1nccs1. The number of piperazine rings is 1. The van der Waals surface area contributed by atoms with Crippen molar-refractivity contribution in [2.75, 3.05) is 19.6 Å². The van der Waals surface area contributed by atoms with Gasteiger partial charge in [0, 0.05) is 48.6 Å². The Hall–Kier alpha value is -1.66. The van der Waals surface area contributed by atoms with Crippen LogP contribution >= 0.6 is 11.3 Å². The molecule has 2 aromatic heterocycles. The van der Waals surface area contributed by atoms with Gasteiger partial charge in [0.1, 0.15) is 0 Å². The van der Waals surface area contributed by atoms with E-state index in [1.807, 2.05) is 30.2 Å². The molecule has 1 aliphatic heterocycles. The summed E-state index contributed by atoms with van der Waals surface area (Å²) in [6.45, 7) is 8.51. The molecule has 1 aliphatic rings. The van der Waals surface area contributed by atoms with Crippen LogP contribution in [-0.2, 0) is 0 Å². The highest BCUT2D eigenvalue weighted by Crippen LogP contribution is 2.23. The molecular formula is C15H20N4OS. The molecule has 1 fully saturated rings. The van der Waals surface area contributed by atoms with E-state index in [-0.39, 0.29) is 5.91 Å². The summed E-state index contributed by atoms with van der Waals surface area (Å²) in [6.07, 6.45) is 1.79. The minimum absolute atomic E-state index is 0.124. The maximum absolute atomic E-state index is 12.8. The molecule has 0 aromatic carbocycles. The van der Waals surface area contributed by atoms with Crippen LogP contribution in [0.15, 0.2) is 17.6 Å². The molecule has 0 spiro atoms. The van der Waals surface area contributed by atoms with Crippen molar-refractivity contribution in [3.63, 3.8) is 0 Å². The molecule has 1 atom stereocenters. The monoisotopic (exact) mass is 304 g/mol. The minimum Gasteiger partial charge on any atom is -0.336 e. The van der Waals surface area contributed by atoms with Crippen molar-refractivity contribution in [2.24, 2.45) is 0 Å². The van der Waals surface area contributed by atoms with Gasteiger partial charge in [-0.25, -0.2) is 4.98 Å². The first-order valence-corrected chi connectivity index (χ1v) is 8.07. The van der Waals surface area contributed by atoms with Gasteiger partial charge in [-0.3, -0.25) is 9.36 Å². The highest BCUT2D eigenvalue weighted by atomic mass is 32.1. The lowest BCUT2D eigenvalue weighted by molar-refractivity contribution is 0.0708. The molecule has 0 bridgehead atoms. The van der Waals surface area contributed by atoms with Gasteiger partial charge in [0.15, 0.2) is 5.13 Å². The molecule has 0 radical (unpaired) electrons. The quantitative estimate of drug-likeness (QED) is 0.923. The normalized spacial score (nSPS) is 19.0. The van der Waals surface area contributed by atoms with Crippen molar-refractivity contribution >= 4 is 17.2 Å². The number of amides is 1. The molecule has 3 heterocycles. The maximum Gasteiger partial charge on any atom is 0.255 e. The fraction of sp³-hybridized carbons (Fsp3) is 0.467. The van der Waals surface area contributed by atoms with Crippen LogP contribution in [0.4, 0.5) is 0 Å². The average molecular weight is 304 g/mol. The lowest BCUT2D eigenvalue weighted by atomic mass is 10.1. The summed E-state index contributed by atoms with van der Waals surface area (Å²) in [6, 6.07) is 2.33. The predicted octanol–water partition coefficient (Wildman–Crippen LogP) is 1.98. The highest BCUT2D eigenvalue weighted by Gasteiger charge is 2.25. The second kappa shape index (κ2) is 5.61. The third-order valence-corrected chi connectivity index (χ3v) is 4.68. The van der Waals surface area contributed by atoms with E-state index in [4.69, 9.17) is 0 Å².